The van der Waals surface area contributed by atoms with Crippen LogP contribution in [0.4, 0.5) is 4.79 Å². The standard InChI is InChI=1S/C28H34N2O5/c1-17(2)25(26(31)29-24-15-5-3-4-14-22(24)27(32)33)30-28(34)35-16-23-20-12-8-6-10-18(20)19-11-7-9-13-21(19)23/h6-13,17,22-25H,3-5,14-16H2,1-2H3,(H,29,31)(H,30,34)(H,32,33)/t22-,24+,25+/m0/s1. The van der Waals surface area contributed by atoms with Gasteiger partial charge in [0, 0.05) is 12.0 Å². The number of hydrogen-bond acceptors (Lipinski definition) is 4. The van der Waals surface area contributed by atoms with Gasteiger partial charge in [-0.1, -0.05) is 81.6 Å². The van der Waals surface area contributed by atoms with Crippen LogP contribution in [-0.2, 0) is 14.3 Å². The van der Waals surface area contributed by atoms with Crippen LogP contribution in [0.1, 0.15) is 63.0 Å². The Balaban J connectivity index is 1.40. The molecule has 7 heteroatoms. The summed E-state index contributed by atoms with van der Waals surface area (Å²) >= 11 is 0. The Morgan fingerprint density at radius 1 is 0.943 bits per heavy atom. The van der Waals surface area contributed by atoms with E-state index in [1.807, 2.05) is 38.1 Å². The number of benzene rings is 2. The molecule has 0 unspecified atom stereocenters. The van der Waals surface area contributed by atoms with Crippen LogP contribution in [0.5, 0.6) is 0 Å². The maximum atomic E-state index is 13.1. The highest BCUT2D eigenvalue weighted by atomic mass is 16.5. The highest BCUT2D eigenvalue weighted by Crippen LogP contribution is 2.44. The summed E-state index contributed by atoms with van der Waals surface area (Å²) in [4.78, 5) is 37.6. The summed E-state index contributed by atoms with van der Waals surface area (Å²) in [7, 11) is 0. The van der Waals surface area contributed by atoms with Crippen molar-refractivity contribution in [1.29, 1.82) is 0 Å². The number of amides is 2. The van der Waals surface area contributed by atoms with Crippen LogP contribution < -0.4 is 10.6 Å². The van der Waals surface area contributed by atoms with Gasteiger partial charge in [0.05, 0.1) is 5.92 Å². The maximum Gasteiger partial charge on any atom is 0.407 e. The van der Waals surface area contributed by atoms with Crippen LogP contribution in [0.25, 0.3) is 11.1 Å². The fourth-order valence-corrected chi connectivity index (χ4v) is 5.35. The number of ether oxygens (including phenoxy) is 1. The molecule has 1 saturated carbocycles. The normalized spacial score (nSPS) is 20.3. The number of carboxylic acids is 1. The largest absolute Gasteiger partial charge is 0.481 e. The van der Waals surface area contributed by atoms with Gasteiger partial charge in [0.1, 0.15) is 12.6 Å². The number of fused-ring (bicyclic) bond motifs is 3. The Morgan fingerprint density at radius 3 is 2.14 bits per heavy atom. The van der Waals surface area contributed by atoms with Crippen LogP contribution in [0.2, 0.25) is 0 Å². The second-order valence-corrected chi connectivity index (χ2v) is 9.89. The average molecular weight is 479 g/mol. The molecular weight excluding hydrogens is 444 g/mol. The molecule has 3 N–H and O–H groups in total. The molecule has 3 atom stereocenters. The zero-order valence-electron chi connectivity index (χ0n) is 20.3. The monoisotopic (exact) mass is 478 g/mol. The van der Waals surface area contributed by atoms with Gasteiger partial charge in [-0.15, -0.1) is 0 Å². The molecule has 0 bridgehead atoms. The van der Waals surface area contributed by atoms with Crippen LogP contribution in [0.15, 0.2) is 48.5 Å². The highest BCUT2D eigenvalue weighted by molar-refractivity contribution is 5.87. The molecule has 2 amide bonds. The summed E-state index contributed by atoms with van der Waals surface area (Å²) in [5.74, 6) is -2.12. The van der Waals surface area contributed by atoms with Crippen molar-refractivity contribution in [2.45, 2.75) is 64.0 Å². The zero-order chi connectivity index (χ0) is 24.9. The zero-order valence-corrected chi connectivity index (χ0v) is 20.3. The van der Waals surface area contributed by atoms with Gasteiger partial charge in [-0.2, -0.15) is 0 Å². The van der Waals surface area contributed by atoms with Crippen molar-refractivity contribution in [3.63, 3.8) is 0 Å². The van der Waals surface area contributed by atoms with Crippen LogP contribution in [0, 0.1) is 11.8 Å². The molecule has 0 heterocycles. The first-order valence-corrected chi connectivity index (χ1v) is 12.5. The topological polar surface area (TPSA) is 105 Å². The van der Waals surface area contributed by atoms with Crippen molar-refractivity contribution >= 4 is 18.0 Å². The summed E-state index contributed by atoms with van der Waals surface area (Å²) in [5, 5.41) is 15.2. The third-order valence-corrected chi connectivity index (χ3v) is 7.23. The summed E-state index contributed by atoms with van der Waals surface area (Å²) in [5.41, 5.74) is 4.53. The minimum atomic E-state index is -0.886. The van der Waals surface area contributed by atoms with E-state index in [-0.39, 0.29) is 24.3 Å². The van der Waals surface area contributed by atoms with Gasteiger partial charge in [0.25, 0.3) is 0 Å². The van der Waals surface area contributed by atoms with Crippen molar-refractivity contribution < 1.29 is 24.2 Å². The van der Waals surface area contributed by atoms with E-state index in [2.05, 4.69) is 34.9 Å². The second-order valence-electron chi connectivity index (χ2n) is 9.89. The molecule has 35 heavy (non-hydrogen) atoms. The summed E-state index contributed by atoms with van der Waals surface area (Å²) in [6.07, 6.45) is 3.19. The van der Waals surface area contributed by atoms with E-state index >= 15 is 0 Å². The van der Waals surface area contributed by atoms with Gasteiger partial charge in [0.2, 0.25) is 5.91 Å². The molecule has 0 spiro atoms. The predicted molar refractivity (Wildman–Crippen MR) is 133 cm³/mol. The Labute approximate surface area is 206 Å². The fraction of sp³-hybridized carbons (Fsp3) is 0.464. The first-order valence-electron chi connectivity index (χ1n) is 12.5. The molecule has 4 rings (SSSR count). The van der Waals surface area contributed by atoms with Crippen molar-refractivity contribution in [3.05, 3.63) is 59.7 Å². The second kappa shape index (κ2) is 10.9. The summed E-state index contributed by atoms with van der Waals surface area (Å²) in [6.45, 7) is 3.85. The first-order chi connectivity index (χ1) is 16.9. The Kier molecular flexibility index (Phi) is 7.73. The van der Waals surface area contributed by atoms with E-state index in [4.69, 9.17) is 4.74 Å². The number of aliphatic carboxylic acids is 1. The smallest absolute Gasteiger partial charge is 0.407 e. The molecule has 2 aromatic carbocycles. The number of carbonyl (C=O) groups is 3. The van der Waals surface area contributed by atoms with Gasteiger partial charge in [-0.25, -0.2) is 4.79 Å². The van der Waals surface area contributed by atoms with E-state index < -0.39 is 30.1 Å². The first kappa shape index (κ1) is 24.8. The van der Waals surface area contributed by atoms with Crippen LogP contribution in [0.3, 0.4) is 0 Å². The van der Waals surface area contributed by atoms with E-state index in [0.717, 1.165) is 41.5 Å². The lowest BCUT2D eigenvalue weighted by Crippen LogP contribution is -2.54. The Morgan fingerprint density at radius 2 is 1.54 bits per heavy atom. The van der Waals surface area contributed by atoms with E-state index in [1.54, 1.807) is 0 Å². The van der Waals surface area contributed by atoms with E-state index in [0.29, 0.717) is 12.8 Å². The Bertz CT molecular complexity index is 1040. The molecule has 2 aliphatic rings. The van der Waals surface area contributed by atoms with Gasteiger partial charge >= 0.3 is 12.1 Å². The lowest BCUT2D eigenvalue weighted by atomic mass is 9.94. The molecule has 7 nitrogen and oxygen atoms in total. The quantitative estimate of drug-likeness (QED) is 0.501. The molecule has 0 aliphatic heterocycles. The lowest BCUT2D eigenvalue weighted by Gasteiger charge is -2.27. The number of hydrogen-bond donors (Lipinski definition) is 3. The van der Waals surface area contributed by atoms with Gasteiger partial charge in [-0.05, 0) is 41.0 Å². The van der Waals surface area contributed by atoms with Gasteiger partial charge in [0.15, 0.2) is 0 Å². The number of alkyl carbamates (subject to hydrolysis) is 1. The van der Waals surface area contributed by atoms with Crippen molar-refractivity contribution in [2.24, 2.45) is 11.8 Å². The SMILES string of the molecule is CC(C)[C@@H](NC(=O)OCC1c2ccccc2-c2ccccc21)C(=O)N[C@@H]1CCCCC[C@@H]1C(=O)O. The molecule has 0 saturated heterocycles. The van der Waals surface area contributed by atoms with Gasteiger partial charge < -0.3 is 20.5 Å². The molecule has 2 aromatic rings. The third-order valence-electron chi connectivity index (χ3n) is 7.23. The average Bonchev–Trinajstić information content (AvgIpc) is 2.97. The molecule has 1 fully saturated rings. The van der Waals surface area contributed by atoms with Crippen LogP contribution >= 0.6 is 0 Å². The summed E-state index contributed by atoms with van der Waals surface area (Å²) in [6, 6.07) is 15.0. The van der Waals surface area contributed by atoms with E-state index in [1.165, 1.54) is 0 Å². The van der Waals surface area contributed by atoms with E-state index in [9.17, 15) is 19.5 Å². The van der Waals surface area contributed by atoms with Crippen molar-refractivity contribution in [3.8, 4) is 11.1 Å². The van der Waals surface area contributed by atoms with Crippen molar-refractivity contribution in [2.75, 3.05) is 6.61 Å². The summed E-state index contributed by atoms with van der Waals surface area (Å²) < 4.78 is 5.62. The number of rotatable bonds is 7. The minimum absolute atomic E-state index is 0.0678. The molecular formula is C28H34N2O5. The van der Waals surface area contributed by atoms with Crippen molar-refractivity contribution in [1.82, 2.24) is 10.6 Å². The molecule has 0 radical (unpaired) electrons. The highest BCUT2D eigenvalue weighted by Gasteiger charge is 2.34. The number of carbonyl (C=O) groups excluding carboxylic acids is 2. The minimum Gasteiger partial charge on any atom is -0.481 e. The number of carboxylic acid groups (broad SMARTS) is 1. The van der Waals surface area contributed by atoms with Gasteiger partial charge in [-0.3, -0.25) is 9.59 Å². The fourth-order valence-electron chi connectivity index (χ4n) is 5.35. The predicted octanol–water partition coefficient (Wildman–Crippen LogP) is 4.70. The maximum absolute atomic E-state index is 13.1. The lowest BCUT2D eigenvalue weighted by molar-refractivity contribution is -0.143. The number of nitrogens with one attached hydrogen (secondary N) is 2. The molecule has 186 valence electrons. The molecule has 0 aromatic heterocycles. The molecule has 2 aliphatic carbocycles. The third kappa shape index (κ3) is 5.50. The van der Waals surface area contributed by atoms with Crippen LogP contribution in [-0.4, -0.2) is 41.8 Å². The Hall–Kier alpha value is -3.35.